The van der Waals surface area contributed by atoms with Gasteiger partial charge >= 0.3 is 0 Å². The lowest BCUT2D eigenvalue weighted by Gasteiger charge is -2.33. The summed E-state index contributed by atoms with van der Waals surface area (Å²) in [6.07, 6.45) is -0.00453. The average Bonchev–Trinajstić information content (AvgIpc) is 2.41. The number of piperidine rings is 1. The van der Waals surface area contributed by atoms with Gasteiger partial charge in [-0.3, -0.25) is 0 Å². The van der Waals surface area contributed by atoms with E-state index in [1.54, 1.807) is 12.1 Å². The van der Waals surface area contributed by atoms with Gasteiger partial charge in [-0.2, -0.15) is 9.57 Å². The second-order valence-corrected chi connectivity index (χ2v) is 6.77. The number of rotatable bonds is 2. The zero-order valence-corrected chi connectivity index (χ0v) is 11.5. The molecular weight excluding hydrogens is 264 g/mol. The van der Waals surface area contributed by atoms with Crippen LogP contribution < -0.4 is 0 Å². The van der Waals surface area contributed by atoms with Gasteiger partial charge < -0.3 is 5.11 Å². The molecule has 1 N–H and O–H groups in total. The van der Waals surface area contributed by atoms with E-state index in [0.29, 0.717) is 25.1 Å². The number of hydrogen-bond acceptors (Lipinski definition) is 4. The number of aliphatic hydroxyl groups is 1. The predicted molar refractivity (Wildman–Crippen MR) is 69.7 cm³/mol. The Hall–Kier alpha value is -1.42. The lowest BCUT2D eigenvalue weighted by Crippen LogP contribution is -2.44. The van der Waals surface area contributed by atoms with Crippen molar-refractivity contribution >= 4 is 10.0 Å². The maximum atomic E-state index is 12.4. The molecule has 1 fully saturated rings. The Labute approximate surface area is 113 Å². The van der Waals surface area contributed by atoms with Crippen LogP contribution in [0.3, 0.4) is 0 Å². The minimum Gasteiger partial charge on any atom is -0.393 e. The van der Waals surface area contributed by atoms with Gasteiger partial charge in [0.15, 0.2) is 0 Å². The molecule has 1 heterocycles. The zero-order chi connectivity index (χ0) is 14.0. The molecular formula is C13H16N2O3S. The normalized spacial score (nSPS) is 24.9. The summed E-state index contributed by atoms with van der Waals surface area (Å²) >= 11 is 0. The van der Waals surface area contributed by atoms with Crippen molar-refractivity contribution in [3.63, 3.8) is 0 Å². The van der Waals surface area contributed by atoms with Gasteiger partial charge in [0.05, 0.1) is 22.6 Å². The first kappa shape index (κ1) is 14.0. The highest BCUT2D eigenvalue weighted by Gasteiger charge is 2.32. The summed E-state index contributed by atoms with van der Waals surface area (Å²) in [6.45, 7) is 2.45. The van der Waals surface area contributed by atoms with E-state index in [1.807, 2.05) is 13.0 Å². The molecule has 1 saturated heterocycles. The third-order valence-corrected chi connectivity index (χ3v) is 5.28. The van der Waals surface area contributed by atoms with E-state index in [1.165, 1.54) is 16.4 Å². The Morgan fingerprint density at radius 1 is 1.47 bits per heavy atom. The van der Waals surface area contributed by atoms with Crippen LogP contribution in [-0.4, -0.2) is 37.0 Å². The Balaban J connectivity index is 2.30. The van der Waals surface area contributed by atoms with Crippen molar-refractivity contribution in [1.29, 1.82) is 5.26 Å². The van der Waals surface area contributed by atoms with Gasteiger partial charge in [0.2, 0.25) is 10.0 Å². The van der Waals surface area contributed by atoms with Crippen LogP contribution in [-0.2, 0) is 10.0 Å². The van der Waals surface area contributed by atoms with Crippen molar-refractivity contribution in [3.05, 3.63) is 29.8 Å². The highest BCUT2D eigenvalue weighted by atomic mass is 32.2. The fraction of sp³-hybridized carbons (Fsp3) is 0.462. The second-order valence-electron chi connectivity index (χ2n) is 4.84. The summed E-state index contributed by atoms with van der Waals surface area (Å²) in [4.78, 5) is 0.134. The number of nitrogens with zero attached hydrogens (tertiary/aromatic N) is 2. The van der Waals surface area contributed by atoms with E-state index in [9.17, 15) is 13.5 Å². The molecule has 0 radical (unpaired) electrons. The zero-order valence-electron chi connectivity index (χ0n) is 10.7. The molecule has 0 bridgehead atoms. The number of sulfonamides is 1. The molecule has 0 aliphatic carbocycles. The molecule has 0 saturated carbocycles. The molecule has 0 spiro atoms. The van der Waals surface area contributed by atoms with Crippen LogP contribution in [0.25, 0.3) is 0 Å². The Morgan fingerprint density at radius 3 is 2.84 bits per heavy atom. The molecule has 2 unspecified atom stereocenters. The minimum atomic E-state index is -3.58. The van der Waals surface area contributed by atoms with Crippen molar-refractivity contribution in [2.75, 3.05) is 13.1 Å². The SMILES string of the molecule is CC1CN(S(=O)(=O)c2cccc(C#N)c2)CCC1O. The number of benzene rings is 1. The van der Waals surface area contributed by atoms with Gasteiger partial charge in [-0.25, -0.2) is 8.42 Å². The standard InChI is InChI=1S/C13H16N2O3S/c1-10-9-15(6-5-13(10)16)19(17,18)12-4-2-3-11(7-12)8-14/h2-4,7,10,13,16H,5-6,9H2,1H3. The first-order valence-corrected chi connectivity index (χ1v) is 7.57. The number of hydrogen-bond donors (Lipinski definition) is 1. The van der Waals surface area contributed by atoms with E-state index in [4.69, 9.17) is 5.26 Å². The van der Waals surface area contributed by atoms with Crippen molar-refractivity contribution < 1.29 is 13.5 Å². The average molecular weight is 280 g/mol. The third kappa shape index (κ3) is 2.78. The molecule has 1 aliphatic heterocycles. The van der Waals surface area contributed by atoms with E-state index in [0.717, 1.165) is 0 Å². The quantitative estimate of drug-likeness (QED) is 0.874. The van der Waals surface area contributed by atoms with Crippen molar-refractivity contribution in [2.45, 2.75) is 24.3 Å². The lowest BCUT2D eigenvalue weighted by atomic mass is 9.99. The molecule has 2 atom stereocenters. The van der Waals surface area contributed by atoms with Crippen LogP contribution in [0.5, 0.6) is 0 Å². The van der Waals surface area contributed by atoms with E-state index >= 15 is 0 Å². The van der Waals surface area contributed by atoms with Gasteiger partial charge in [-0.1, -0.05) is 13.0 Å². The first-order valence-electron chi connectivity index (χ1n) is 6.13. The van der Waals surface area contributed by atoms with Gasteiger partial charge in [0.1, 0.15) is 0 Å². The fourth-order valence-electron chi connectivity index (χ4n) is 2.19. The third-order valence-electron chi connectivity index (χ3n) is 3.42. The predicted octanol–water partition coefficient (Wildman–Crippen LogP) is 0.950. The molecule has 1 aliphatic rings. The van der Waals surface area contributed by atoms with Crippen LogP contribution in [0.15, 0.2) is 29.2 Å². The highest BCUT2D eigenvalue weighted by molar-refractivity contribution is 7.89. The topological polar surface area (TPSA) is 81.4 Å². The molecule has 2 rings (SSSR count). The van der Waals surface area contributed by atoms with Gasteiger partial charge in [-0.15, -0.1) is 0 Å². The Morgan fingerprint density at radius 2 is 2.21 bits per heavy atom. The summed E-state index contributed by atoms with van der Waals surface area (Å²) in [7, 11) is -3.58. The van der Waals surface area contributed by atoms with Crippen molar-refractivity contribution in [2.24, 2.45) is 5.92 Å². The molecule has 1 aromatic carbocycles. The molecule has 0 aromatic heterocycles. The van der Waals surface area contributed by atoms with Crippen molar-refractivity contribution in [3.8, 4) is 6.07 Å². The summed E-state index contributed by atoms with van der Waals surface area (Å²) < 4.78 is 26.3. The monoisotopic (exact) mass is 280 g/mol. The van der Waals surface area contributed by atoms with Crippen LogP contribution in [0.1, 0.15) is 18.9 Å². The smallest absolute Gasteiger partial charge is 0.243 e. The minimum absolute atomic E-state index is 0.0809. The summed E-state index contributed by atoms with van der Waals surface area (Å²) in [6, 6.07) is 7.94. The molecule has 19 heavy (non-hydrogen) atoms. The molecule has 102 valence electrons. The highest BCUT2D eigenvalue weighted by Crippen LogP contribution is 2.24. The van der Waals surface area contributed by atoms with Crippen LogP contribution in [0, 0.1) is 17.2 Å². The van der Waals surface area contributed by atoms with Crippen molar-refractivity contribution in [1.82, 2.24) is 4.31 Å². The maximum Gasteiger partial charge on any atom is 0.243 e. The number of nitriles is 1. The molecule has 0 amide bonds. The van der Waals surface area contributed by atoms with Crippen LogP contribution in [0.4, 0.5) is 0 Å². The summed E-state index contributed by atoms with van der Waals surface area (Å²) in [5, 5.41) is 18.5. The van der Waals surface area contributed by atoms with E-state index in [-0.39, 0.29) is 10.8 Å². The molecule has 1 aromatic rings. The Kier molecular flexibility index (Phi) is 3.90. The largest absolute Gasteiger partial charge is 0.393 e. The van der Waals surface area contributed by atoms with Gasteiger partial charge in [0, 0.05) is 13.1 Å². The maximum absolute atomic E-state index is 12.4. The summed E-state index contributed by atoms with van der Waals surface area (Å²) in [5.41, 5.74) is 0.325. The molecule has 5 nitrogen and oxygen atoms in total. The fourth-order valence-corrected chi connectivity index (χ4v) is 3.79. The van der Waals surface area contributed by atoms with Crippen LogP contribution >= 0.6 is 0 Å². The van der Waals surface area contributed by atoms with Gasteiger partial charge in [-0.05, 0) is 30.5 Å². The van der Waals surface area contributed by atoms with Gasteiger partial charge in [0.25, 0.3) is 0 Å². The lowest BCUT2D eigenvalue weighted by molar-refractivity contribution is 0.0628. The Bertz CT molecular complexity index is 607. The molecule has 6 heteroatoms. The summed E-state index contributed by atoms with van der Waals surface area (Å²) in [5.74, 6) is -0.0809. The van der Waals surface area contributed by atoms with Crippen LogP contribution in [0.2, 0.25) is 0 Å². The van der Waals surface area contributed by atoms with E-state index in [2.05, 4.69) is 0 Å². The first-order chi connectivity index (χ1) is 8.95. The second kappa shape index (κ2) is 5.29. The number of aliphatic hydroxyl groups excluding tert-OH is 1. The van der Waals surface area contributed by atoms with E-state index < -0.39 is 16.1 Å².